The van der Waals surface area contributed by atoms with Gasteiger partial charge in [0.1, 0.15) is 6.61 Å². The monoisotopic (exact) mass is 279 g/mol. The Balaban J connectivity index is 1.89. The summed E-state index contributed by atoms with van der Waals surface area (Å²) in [5.41, 5.74) is 0.936. The average Bonchev–Trinajstić information content (AvgIpc) is 2.53. The summed E-state index contributed by atoms with van der Waals surface area (Å²) in [6.07, 6.45) is 1.44. The predicted octanol–water partition coefficient (Wildman–Crippen LogP) is 3.51. The molecular weight excluding hydrogens is 266 g/mol. The molecule has 21 heavy (non-hydrogen) atoms. The number of carboxylic acid groups (broad SMARTS) is 1. The molecular formula is C17H13NO3. The third-order valence-electron chi connectivity index (χ3n) is 3.24. The minimum Gasteiger partial charge on any atom is -0.486 e. The second-order valence-electron chi connectivity index (χ2n) is 4.58. The summed E-state index contributed by atoms with van der Waals surface area (Å²) in [4.78, 5) is 14.9. The molecule has 3 rings (SSSR count). The molecule has 3 aromatic rings. The van der Waals surface area contributed by atoms with E-state index in [2.05, 4.69) is 4.98 Å². The Morgan fingerprint density at radius 1 is 1.05 bits per heavy atom. The van der Waals surface area contributed by atoms with Gasteiger partial charge in [0.15, 0.2) is 11.4 Å². The molecule has 0 atom stereocenters. The van der Waals surface area contributed by atoms with E-state index in [1.54, 1.807) is 12.1 Å². The zero-order chi connectivity index (χ0) is 14.7. The maximum Gasteiger partial charge on any atom is 0.358 e. The normalized spacial score (nSPS) is 10.5. The van der Waals surface area contributed by atoms with Crippen LogP contribution in [0.3, 0.4) is 0 Å². The molecule has 0 aliphatic rings. The van der Waals surface area contributed by atoms with Crippen LogP contribution in [0.5, 0.6) is 5.75 Å². The Bertz CT molecular complexity index is 793. The van der Waals surface area contributed by atoms with Crippen molar-refractivity contribution in [3.63, 3.8) is 0 Å². The van der Waals surface area contributed by atoms with Crippen LogP contribution in [-0.2, 0) is 6.61 Å². The number of hydrogen-bond donors (Lipinski definition) is 1. The second kappa shape index (κ2) is 5.63. The molecule has 4 heteroatoms. The van der Waals surface area contributed by atoms with E-state index in [9.17, 15) is 4.79 Å². The first kappa shape index (κ1) is 13.1. The third-order valence-corrected chi connectivity index (χ3v) is 3.24. The molecule has 0 aliphatic carbocycles. The standard InChI is InChI=1S/C17H13NO3/c19-17(20)16-15(9-4-10-18-16)21-11-13-7-3-6-12-5-1-2-8-14(12)13/h1-10H,11H2,(H,19,20). The van der Waals surface area contributed by atoms with Gasteiger partial charge in [0.25, 0.3) is 0 Å². The lowest BCUT2D eigenvalue weighted by Gasteiger charge is -2.10. The molecule has 0 radical (unpaired) electrons. The van der Waals surface area contributed by atoms with Crippen LogP contribution < -0.4 is 4.74 Å². The number of ether oxygens (including phenoxy) is 1. The van der Waals surface area contributed by atoms with Crippen molar-refractivity contribution >= 4 is 16.7 Å². The second-order valence-corrected chi connectivity index (χ2v) is 4.58. The van der Waals surface area contributed by atoms with Gasteiger partial charge in [-0.05, 0) is 28.5 Å². The number of benzene rings is 2. The van der Waals surface area contributed by atoms with Crippen LogP contribution in [0.1, 0.15) is 16.1 Å². The van der Waals surface area contributed by atoms with Crippen molar-refractivity contribution < 1.29 is 14.6 Å². The Kier molecular flexibility index (Phi) is 3.51. The fraction of sp³-hybridized carbons (Fsp3) is 0.0588. The highest BCUT2D eigenvalue weighted by molar-refractivity contribution is 5.88. The first-order valence-electron chi connectivity index (χ1n) is 6.53. The molecule has 0 unspecified atom stereocenters. The molecule has 1 heterocycles. The number of carbonyl (C=O) groups is 1. The maximum atomic E-state index is 11.1. The number of hydrogen-bond acceptors (Lipinski definition) is 3. The van der Waals surface area contributed by atoms with Crippen molar-refractivity contribution in [3.8, 4) is 5.75 Å². The number of nitrogens with zero attached hydrogens (tertiary/aromatic N) is 1. The van der Waals surface area contributed by atoms with Gasteiger partial charge in [-0.15, -0.1) is 0 Å². The smallest absolute Gasteiger partial charge is 0.358 e. The van der Waals surface area contributed by atoms with Gasteiger partial charge in [-0.1, -0.05) is 42.5 Å². The van der Waals surface area contributed by atoms with E-state index in [-0.39, 0.29) is 11.4 Å². The number of fused-ring (bicyclic) bond motifs is 1. The Hall–Kier alpha value is -2.88. The number of pyridine rings is 1. The first-order chi connectivity index (χ1) is 10.3. The summed E-state index contributed by atoms with van der Waals surface area (Å²) < 4.78 is 5.65. The van der Waals surface area contributed by atoms with E-state index in [1.165, 1.54) is 6.20 Å². The molecule has 1 N–H and O–H groups in total. The van der Waals surface area contributed by atoms with Gasteiger partial charge in [-0.2, -0.15) is 0 Å². The predicted molar refractivity (Wildman–Crippen MR) is 79.5 cm³/mol. The van der Waals surface area contributed by atoms with Gasteiger partial charge in [0, 0.05) is 6.20 Å². The molecule has 0 saturated heterocycles. The summed E-state index contributed by atoms with van der Waals surface area (Å²) in [5, 5.41) is 11.3. The van der Waals surface area contributed by atoms with E-state index < -0.39 is 5.97 Å². The molecule has 2 aromatic carbocycles. The fourth-order valence-corrected chi connectivity index (χ4v) is 2.24. The first-order valence-corrected chi connectivity index (χ1v) is 6.53. The topological polar surface area (TPSA) is 59.4 Å². The number of aromatic carboxylic acids is 1. The minimum absolute atomic E-state index is 0.0715. The summed E-state index contributed by atoms with van der Waals surface area (Å²) in [6, 6.07) is 17.2. The Labute approximate surface area is 121 Å². The van der Waals surface area contributed by atoms with Crippen LogP contribution in [0.4, 0.5) is 0 Å². The summed E-state index contributed by atoms with van der Waals surface area (Å²) in [7, 11) is 0. The summed E-state index contributed by atoms with van der Waals surface area (Å²) >= 11 is 0. The van der Waals surface area contributed by atoms with Gasteiger partial charge in [-0.3, -0.25) is 0 Å². The zero-order valence-electron chi connectivity index (χ0n) is 11.2. The highest BCUT2D eigenvalue weighted by atomic mass is 16.5. The van der Waals surface area contributed by atoms with Gasteiger partial charge >= 0.3 is 5.97 Å². The fourth-order valence-electron chi connectivity index (χ4n) is 2.24. The molecule has 0 saturated carbocycles. The van der Waals surface area contributed by atoms with Crippen LogP contribution in [0.25, 0.3) is 10.8 Å². The lowest BCUT2D eigenvalue weighted by Crippen LogP contribution is -2.05. The van der Waals surface area contributed by atoms with Crippen molar-refractivity contribution in [1.29, 1.82) is 0 Å². The van der Waals surface area contributed by atoms with Crippen molar-refractivity contribution in [2.24, 2.45) is 0 Å². The van der Waals surface area contributed by atoms with Crippen molar-refractivity contribution in [2.45, 2.75) is 6.61 Å². The maximum absolute atomic E-state index is 11.1. The van der Waals surface area contributed by atoms with E-state index in [1.807, 2.05) is 42.5 Å². The molecule has 4 nitrogen and oxygen atoms in total. The lowest BCUT2D eigenvalue weighted by atomic mass is 10.1. The molecule has 0 aliphatic heterocycles. The third kappa shape index (κ3) is 2.69. The quantitative estimate of drug-likeness (QED) is 0.794. The van der Waals surface area contributed by atoms with Crippen LogP contribution in [0.15, 0.2) is 60.8 Å². The number of aromatic nitrogens is 1. The zero-order valence-corrected chi connectivity index (χ0v) is 11.2. The van der Waals surface area contributed by atoms with Crippen molar-refractivity contribution in [2.75, 3.05) is 0 Å². The number of carboxylic acids is 1. The SMILES string of the molecule is O=C(O)c1ncccc1OCc1cccc2ccccc12. The number of rotatable bonds is 4. The van der Waals surface area contributed by atoms with Gasteiger partial charge < -0.3 is 9.84 Å². The summed E-state index contributed by atoms with van der Waals surface area (Å²) in [6.45, 7) is 0.299. The molecule has 1 aromatic heterocycles. The molecule has 104 valence electrons. The van der Waals surface area contributed by atoms with E-state index in [0.29, 0.717) is 6.61 Å². The molecule has 0 bridgehead atoms. The lowest BCUT2D eigenvalue weighted by molar-refractivity contribution is 0.0685. The Morgan fingerprint density at radius 2 is 1.86 bits per heavy atom. The van der Waals surface area contributed by atoms with E-state index in [0.717, 1.165) is 16.3 Å². The highest BCUT2D eigenvalue weighted by Crippen LogP contribution is 2.22. The van der Waals surface area contributed by atoms with Crippen LogP contribution in [0.2, 0.25) is 0 Å². The largest absolute Gasteiger partial charge is 0.486 e. The van der Waals surface area contributed by atoms with Gasteiger partial charge in [0.05, 0.1) is 0 Å². The molecule has 0 spiro atoms. The highest BCUT2D eigenvalue weighted by Gasteiger charge is 2.12. The Morgan fingerprint density at radius 3 is 2.71 bits per heavy atom. The summed E-state index contributed by atoms with van der Waals surface area (Å²) in [5.74, 6) is -0.818. The van der Waals surface area contributed by atoms with Crippen LogP contribution in [0, 0.1) is 0 Å². The van der Waals surface area contributed by atoms with Gasteiger partial charge in [0.2, 0.25) is 0 Å². The van der Waals surface area contributed by atoms with Crippen molar-refractivity contribution in [1.82, 2.24) is 4.98 Å². The van der Waals surface area contributed by atoms with Crippen LogP contribution in [-0.4, -0.2) is 16.1 Å². The van der Waals surface area contributed by atoms with Crippen molar-refractivity contribution in [3.05, 3.63) is 72.1 Å². The van der Waals surface area contributed by atoms with Gasteiger partial charge in [-0.25, -0.2) is 9.78 Å². The van der Waals surface area contributed by atoms with E-state index in [4.69, 9.17) is 9.84 Å². The van der Waals surface area contributed by atoms with Crippen LogP contribution >= 0.6 is 0 Å². The van der Waals surface area contributed by atoms with E-state index >= 15 is 0 Å². The molecule has 0 fully saturated rings. The minimum atomic E-state index is -1.09. The molecule has 0 amide bonds. The average molecular weight is 279 g/mol.